The summed E-state index contributed by atoms with van der Waals surface area (Å²) in [4.78, 5) is 13.5. The zero-order valence-corrected chi connectivity index (χ0v) is 9.72. The molecule has 2 heterocycles. The van der Waals surface area contributed by atoms with Crippen molar-refractivity contribution in [2.24, 2.45) is 0 Å². The second kappa shape index (κ2) is 4.65. The highest BCUT2D eigenvalue weighted by molar-refractivity contribution is 5.76. The lowest BCUT2D eigenvalue weighted by molar-refractivity contribution is -0.152. The number of rotatable bonds is 4. The minimum absolute atomic E-state index is 0.0401. The molecular formula is C11H17N3O2. The minimum Gasteiger partial charge on any atom is -0.468 e. The number of esters is 1. The molecule has 1 aliphatic heterocycles. The molecular weight excluding hydrogens is 206 g/mol. The summed E-state index contributed by atoms with van der Waals surface area (Å²) in [6, 6.07) is -0.0401. The van der Waals surface area contributed by atoms with Gasteiger partial charge in [-0.2, -0.15) is 5.10 Å². The second-order valence-corrected chi connectivity index (χ2v) is 4.14. The van der Waals surface area contributed by atoms with Gasteiger partial charge in [0, 0.05) is 19.3 Å². The Hall–Kier alpha value is -1.36. The molecule has 5 nitrogen and oxygen atoms in total. The first-order valence-corrected chi connectivity index (χ1v) is 5.51. The maximum Gasteiger partial charge on any atom is 0.323 e. The summed E-state index contributed by atoms with van der Waals surface area (Å²) in [5.74, 6) is -0.122. The molecule has 0 N–H and O–H groups in total. The van der Waals surface area contributed by atoms with Crippen LogP contribution in [0.15, 0.2) is 12.4 Å². The third-order valence-corrected chi connectivity index (χ3v) is 2.98. The van der Waals surface area contributed by atoms with Gasteiger partial charge in [-0.15, -0.1) is 0 Å². The number of likely N-dealkylation sites (tertiary alicyclic amines) is 1. The van der Waals surface area contributed by atoms with Crippen molar-refractivity contribution in [3.63, 3.8) is 0 Å². The fourth-order valence-corrected chi connectivity index (χ4v) is 1.93. The summed E-state index contributed by atoms with van der Waals surface area (Å²) in [7, 11) is 1.44. The van der Waals surface area contributed by atoms with Gasteiger partial charge in [-0.05, 0) is 18.9 Å². The zero-order chi connectivity index (χ0) is 11.5. The third kappa shape index (κ3) is 2.24. The van der Waals surface area contributed by atoms with Gasteiger partial charge in [-0.3, -0.25) is 14.4 Å². The molecule has 1 atom stereocenters. The Morgan fingerprint density at radius 2 is 2.44 bits per heavy atom. The van der Waals surface area contributed by atoms with Crippen LogP contribution in [0.25, 0.3) is 0 Å². The average Bonchev–Trinajstić information content (AvgIpc) is 2.62. The zero-order valence-electron chi connectivity index (χ0n) is 9.72. The van der Waals surface area contributed by atoms with Crippen molar-refractivity contribution < 1.29 is 9.53 Å². The standard InChI is InChI=1S/C11H17N3O2/c1-9-7-12-14(8-9)6-5-13-4-3-10(13)11(15)16-2/h7-8,10H,3-6H2,1-2H3. The van der Waals surface area contributed by atoms with Crippen LogP contribution in [0.1, 0.15) is 12.0 Å². The third-order valence-electron chi connectivity index (χ3n) is 2.98. The first-order valence-electron chi connectivity index (χ1n) is 5.51. The summed E-state index contributed by atoms with van der Waals surface area (Å²) >= 11 is 0. The van der Waals surface area contributed by atoms with E-state index >= 15 is 0 Å². The van der Waals surface area contributed by atoms with Gasteiger partial charge in [0.1, 0.15) is 6.04 Å². The molecule has 5 heteroatoms. The van der Waals surface area contributed by atoms with Crippen molar-refractivity contribution in [1.29, 1.82) is 0 Å². The van der Waals surface area contributed by atoms with Gasteiger partial charge in [0.2, 0.25) is 0 Å². The molecule has 1 aromatic heterocycles. The molecule has 1 aliphatic rings. The number of carbonyl (C=O) groups is 1. The second-order valence-electron chi connectivity index (χ2n) is 4.14. The molecule has 0 amide bonds. The van der Waals surface area contributed by atoms with E-state index in [4.69, 9.17) is 4.74 Å². The molecule has 0 aromatic carbocycles. The van der Waals surface area contributed by atoms with Gasteiger partial charge in [-0.1, -0.05) is 0 Å². The number of aromatic nitrogens is 2. The molecule has 1 fully saturated rings. The Labute approximate surface area is 95.0 Å². The normalized spacial score (nSPS) is 20.5. The summed E-state index contributed by atoms with van der Waals surface area (Å²) in [6.45, 7) is 4.66. The molecule has 2 rings (SSSR count). The fraction of sp³-hybridized carbons (Fsp3) is 0.636. The van der Waals surface area contributed by atoms with E-state index in [2.05, 4.69) is 10.00 Å². The van der Waals surface area contributed by atoms with E-state index in [1.807, 2.05) is 24.0 Å². The summed E-state index contributed by atoms with van der Waals surface area (Å²) in [6.07, 6.45) is 4.76. The predicted molar refractivity (Wildman–Crippen MR) is 59.0 cm³/mol. The van der Waals surface area contributed by atoms with Crippen molar-refractivity contribution in [3.8, 4) is 0 Å². The van der Waals surface area contributed by atoms with Crippen LogP contribution in [-0.4, -0.2) is 46.9 Å². The molecule has 16 heavy (non-hydrogen) atoms. The predicted octanol–water partition coefficient (Wildman–Crippen LogP) is 0.439. The van der Waals surface area contributed by atoms with Gasteiger partial charge < -0.3 is 4.74 Å². The van der Waals surface area contributed by atoms with E-state index in [9.17, 15) is 4.79 Å². The highest BCUT2D eigenvalue weighted by atomic mass is 16.5. The first kappa shape index (κ1) is 11.1. The molecule has 0 spiro atoms. The van der Waals surface area contributed by atoms with Gasteiger partial charge in [0.15, 0.2) is 0 Å². The van der Waals surface area contributed by atoms with E-state index in [0.717, 1.165) is 31.6 Å². The number of carbonyl (C=O) groups excluding carboxylic acids is 1. The van der Waals surface area contributed by atoms with E-state index in [1.54, 1.807) is 0 Å². The number of ether oxygens (including phenoxy) is 1. The Morgan fingerprint density at radius 3 is 2.94 bits per heavy atom. The van der Waals surface area contributed by atoms with E-state index in [1.165, 1.54) is 7.11 Å². The van der Waals surface area contributed by atoms with Gasteiger partial charge in [0.05, 0.1) is 19.9 Å². The molecule has 88 valence electrons. The topological polar surface area (TPSA) is 47.4 Å². The monoisotopic (exact) mass is 223 g/mol. The quantitative estimate of drug-likeness (QED) is 0.695. The van der Waals surface area contributed by atoms with Crippen LogP contribution < -0.4 is 0 Å². The molecule has 1 unspecified atom stereocenters. The van der Waals surface area contributed by atoms with Crippen molar-refractivity contribution in [2.45, 2.75) is 25.9 Å². The van der Waals surface area contributed by atoms with Crippen molar-refractivity contribution in [2.75, 3.05) is 20.2 Å². The Bertz CT molecular complexity index is 375. The lowest BCUT2D eigenvalue weighted by atomic mass is 10.0. The van der Waals surface area contributed by atoms with E-state index in [0.29, 0.717) is 0 Å². The SMILES string of the molecule is COC(=O)C1CCN1CCn1cc(C)cn1. The largest absolute Gasteiger partial charge is 0.468 e. The molecule has 1 saturated heterocycles. The number of nitrogens with zero attached hydrogens (tertiary/aromatic N) is 3. The van der Waals surface area contributed by atoms with Crippen LogP contribution in [0, 0.1) is 6.92 Å². The van der Waals surface area contributed by atoms with Crippen LogP contribution in [0.5, 0.6) is 0 Å². The van der Waals surface area contributed by atoms with Crippen LogP contribution in [0.4, 0.5) is 0 Å². The number of methoxy groups -OCH3 is 1. The Balaban J connectivity index is 1.80. The molecule has 0 bridgehead atoms. The molecule has 0 saturated carbocycles. The Morgan fingerprint density at radius 1 is 1.62 bits per heavy atom. The van der Waals surface area contributed by atoms with Crippen LogP contribution in [-0.2, 0) is 16.1 Å². The lowest BCUT2D eigenvalue weighted by Crippen LogP contribution is -2.53. The molecule has 1 aromatic rings. The van der Waals surface area contributed by atoms with Crippen LogP contribution in [0.3, 0.4) is 0 Å². The van der Waals surface area contributed by atoms with Crippen LogP contribution in [0.2, 0.25) is 0 Å². The van der Waals surface area contributed by atoms with Crippen LogP contribution >= 0.6 is 0 Å². The maximum atomic E-state index is 11.3. The molecule has 0 radical (unpaired) electrons. The first-order chi connectivity index (χ1) is 7.70. The summed E-state index contributed by atoms with van der Waals surface area (Å²) in [5, 5.41) is 4.21. The van der Waals surface area contributed by atoms with Gasteiger partial charge in [-0.25, -0.2) is 0 Å². The summed E-state index contributed by atoms with van der Waals surface area (Å²) < 4.78 is 6.64. The number of hydrogen-bond donors (Lipinski definition) is 0. The van der Waals surface area contributed by atoms with Crippen molar-refractivity contribution in [3.05, 3.63) is 18.0 Å². The lowest BCUT2D eigenvalue weighted by Gasteiger charge is -2.38. The number of hydrogen-bond acceptors (Lipinski definition) is 4. The number of aryl methyl sites for hydroxylation is 1. The van der Waals surface area contributed by atoms with Crippen molar-refractivity contribution >= 4 is 5.97 Å². The maximum absolute atomic E-state index is 11.3. The molecule has 0 aliphatic carbocycles. The van der Waals surface area contributed by atoms with E-state index in [-0.39, 0.29) is 12.0 Å². The average molecular weight is 223 g/mol. The van der Waals surface area contributed by atoms with Gasteiger partial charge >= 0.3 is 5.97 Å². The summed E-state index contributed by atoms with van der Waals surface area (Å²) in [5.41, 5.74) is 1.16. The minimum atomic E-state index is -0.122. The smallest absolute Gasteiger partial charge is 0.323 e. The highest BCUT2D eigenvalue weighted by Crippen LogP contribution is 2.17. The van der Waals surface area contributed by atoms with Gasteiger partial charge in [0.25, 0.3) is 0 Å². The van der Waals surface area contributed by atoms with Crippen molar-refractivity contribution in [1.82, 2.24) is 14.7 Å². The fourth-order valence-electron chi connectivity index (χ4n) is 1.93. The Kier molecular flexibility index (Phi) is 3.24. The van der Waals surface area contributed by atoms with E-state index < -0.39 is 0 Å². The highest BCUT2D eigenvalue weighted by Gasteiger charge is 2.34.